The van der Waals surface area contributed by atoms with Crippen molar-refractivity contribution in [2.24, 2.45) is 51.0 Å². The zero-order chi connectivity index (χ0) is 22.0. The highest BCUT2D eigenvalue weighted by atomic mass is 16.8. The van der Waals surface area contributed by atoms with E-state index in [0.29, 0.717) is 24.9 Å². The second-order valence-electron chi connectivity index (χ2n) is 11.0. The number of fused-ring (bicyclic) bond motifs is 2. The molecule has 3 saturated carbocycles. The molecule has 6 nitrogen and oxygen atoms in total. The van der Waals surface area contributed by atoms with Gasteiger partial charge in [-0.2, -0.15) is 0 Å². The van der Waals surface area contributed by atoms with Crippen LogP contribution in [0.1, 0.15) is 65.7 Å². The summed E-state index contributed by atoms with van der Waals surface area (Å²) in [5.41, 5.74) is -1.89. The number of nitrogens with zero attached hydrogens (tertiary/aromatic N) is 1. The molecule has 4 aliphatic carbocycles. The van der Waals surface area contributed by atoms with Gasteiger partial charge in [0, 0.05) is 11.8 Å². The van der Waals surface area contributed by atoms with E-state index < -0.39 is 22.2 Å². The van der Waals surface area contributed by atoms with Crippen molar-refractivity contribution in [3.05, 3.63) is 11.6 Å². The van der Waals surface area contributed by atoms with Crippen LogP contribution in [0.15, 0.2) is 16.8 Å². The molecule has 6 heteroatoms. The SMILES string of the molecule is CC(C)C1=CC2CC3(C=O)[C@@H]4CC[C@@H](C)[C@H]4CC2(/C=N/OC2CCCCO2)[C@]13C(=O)O. The van der Waals surface area contributed by atoms with Crippen LogP contribution in [0, 0.1) is 45.8 Å². The van der Waals surface area contributed by atoms with Gasteiger partial charge in [-0.25, -0.2) is 0 Å². The lowest BCUT2D eigenvalue weighted by Gasteiger charge is -2.57. The van der Waals surface area contributed by atoms with Gasteiger partial charge < -0.3 is 19.5 Å². The maximum atomic E-state index is 13.3. The molecule has 0 radical (unpaired) electrons. The van der Waals surface area contributed by atoms with Crippen LogP contribution in [-0.2, 0) is 19.2 Å². The highest BCUT2D eigenvalue weighted by molar-refractivity contribution is 5.96. The quantitative estimate of drug-likeness (QED) is 0.292. The fraction of sp³-hybridized carbons (Fsp3) is 0.800. The summed E-state index contributed by atoms with van der Waals surface area (Å²) in [7, 11) is 0. The number of rotatable bonds is 6. The molecule has 31 heavy (non-hydrogen) atoms. The minimum atomic E-state index is -1.23. The molecular weight excluding hydrogens is 394 g/mol. The van der Waals surface area contributed by atoms with Gasteiger partial charge in [-0.3, -0.25) is 4.79 Å². The van der Waals surface area contributed by atoms with Gasteiger partial charge in [0.15, 0.2) is 0 Å². The minimum absolute atomic E-state index is 0.00336. The predicted molar refractivity (Wildman–Crippen MR) is 115 cm³/mol. The van der Waals surface area contributed by atoms with Crippen LogP contribution in [0.4, 0.5) is 0 Å². The highest BCUT2D eigenvalue weighted by Crippen LogP contribution is 2.82. The van der Waals surface area contributed by atoms with Crippen molar-refractivity contribution in [1.82, 2.24) is 0 Å². The van der Waals surface area contributed by atoms with E-state index in [9.17, 15) is 14.7 Å². The molecule has 0 aromatic carbocycles. The Balaban J connectivity index is 1.63. The summed E-state index contributed by atoms with van der Waals surface area (Å²) in [5.74, 6) is 0.173. The number of carboxylic acids is 1. The minimum Gasteiger partial charge on any atom is -0.481 e. The fourth-order valence-corrected chi connectivity index (χ4v) is 8.47. The van der Waals surface area contributed by atoms with Crippen LogP contribution in [0.3, 0.4) is 0 Å². The Bertz CT molecular complexity index is 830. The molecular formula is C25H35NO5. The summed E-state index contributed by atoms with van der Waals surface area (Å²) in [4.78, 5) is 31.9. The van der Waals surface area contributed by atoms with E-state index >= 15 is 0 Å². The number of ether oxygens (including phenoxy) is 1. The van der Waals surface area contributed by atoms with Crippen molar-refractivity contribution in [2.75, 3.05) is 6.61 Å². The Morgan fingerprint density at radius 2 is 2.06 bits per heavy atom. The Morgan fingerprint density at radius 1 is 1.26 bits per heavy atom. The molecule has 0 aromatic rings. The third kappa shape index (κ3) is 2.46. The number of aldehydes is 1. The van der Waals surface area contributed by atoms with E-state index in [4.69, 9.17) is 9.57 Å². The molecule has 170 valence electrons. The Kier molecular flexibility index (Phi) is 4.89. The first-order valence-corrected chi connectivity index (χ1v) is 12.1. The number of carboxylic acid groups (broad SMARTS) is 1. The normalized spacial score (nSPS) is 48.1. The number of hydrogen-bond donors (Lipinski definition) is 1. The molecule has 1 N–H and O–H groups in total. The van der Waals surface area contributed by atoms with Crippen molar-refractivity contribution in [3.8, 4) is 0 Å². The van der Waals surface area contributed by atoms with Crippen LogP contribution in [0.5, 0.6) is 0 Å². The van der Waals surface area contributed by atoms with Gasteiger partial charge >= 0.3 is 5.97 Å². The average molecular weight is 430 g/mol. The van der Waals surface area contributed by atoms with Crippen LogP contribution >= 0.6 is 0 Å². The Morgan fingerprint density at radius 3 is 2.71 bits per heavy atom. The van der Waals surface area contributed by atoms with Crippen LogP contribution < -0.4 is 0 Å². The van der Waals surface area contributed by atoms with Gasteiger partial charge in [-0.15, -0.1) is 0 Å². The highest BCUT2D eigenvalue weighted by Gasteiger charge is 2.84. The molecule has 0 spiro atoms. The number of hydrogen-bond acceptors (Lipinski definition) is 5. The molecule has 1 saturated heterocycles. The lowest BCUT2D eigenvalue weighted by molar-refractivity contribution is -0.174. The van der Waals surface area contributed by atoms with E-state index in [1.807, 2.05) is 0 Å². The van der Waals surface area contributed by atoms with E-state index in [-0.39, 0.29) is 24.0 Å². The first kappa shape index (κ1) is 21.2. The van der Waals surface area contributed by atoms with E-state index in [1.54, 1.807) is 6.21 Å². The molecule has 0 aromatic heterocycles. The molecule has 4 unspecified atom stereocenters. The summed E-state index contributed by atoms with van der Waals surface area (Å²) in [5, 5.41) is 15.3. The van der Waals surface area contributed by atoms with Crippen molar-refractivity contribution < 1.29 is 24.3 Å². The average Bonchev–Trinajstić information content (AvgIpc) is 3.32. The largest absolute Gasteiger partial charge is 0.481 e. The Hall–Kier alpha value is -1.69. The van der Waals surface area contributed by atoms with Gasteiger partial charge in [-0.1, -0.05) is 44.0 Å². The molecule has 1 heterocycles. The third-order valence-corrected chi connectivity index (χ3v) is 9.60. The Labute approximate surface area is 184 Å². The lowest BCUT2D eigenvalue weighted by atomic mass is 9.43. The van der Waals surface area contributed by atoms with E-state index in [0.717, 1.165) is 50.4 Å². The second-order valence-corrected chi connectivity index (χ2v) is 11.0. The molecule has 1 aliphatic heterocycles. The lowest BCUT2D eigenvalue weighted by Crippen LogP contribution is -2.63. The van der Waals surface area contributed by atoms with Gasteiger partial charge in [-0.05, 0) is 61.7 Å². The van der Waals surface area contributed by atoms with Crippen LogP contribution in [-0.4, -0.2) is 36.5 Å². The maximum absolute atomic E-state index is 13.3. The number of carbonyl (C=O) groups is 2. The molecule has 8 atom stereocenters. The molecule has 5 rings (SSSR count). The summed E-state index contributed by atoms with van der Waals surface area (Å²) in [6.45, 7) is 7.04. The zero-order valence-corrected chi connectivity index (χ0v) is 18.9. The number of carbonyl (C=O) groups excluding carboxylic acids is 1. The van der Waals surface area contributed by atoms with Gasteiger partial charge in [0.1, 0.15) is 11.7 Å². The van der Waals surface area contributed by atoms with Crippen molar-refractivity contribution >= 4 is 18.5 Å². The van der Waals surface area contributed by atoms with Crippen molar-refractivity contribution in [2.45, 2.75) is 72.0 Å². The fourth-order valence-electron chi connectivity index (χ4n) is 8.47. The predicted octanol–water partition coefficient (Wildman–Crippen LogP) is 4.44. The van der Waals surface area contributed by atoms with Crippen LogP contribution in [0.2, 0.25) is 0 Å². The summed E-state index contributed by atoms with van der Waals surface area (Å²) in [6, 6.07) is 0. The van der Waals surface area contributed by atoms with Crippen LogP contribution in [0.25, 0.3) is 0 Å². The zero-order valence-electron chi connectivity index (χ0n) is 18.9. The molecule has 4 bridgehead atoms. The van der Waals surface area contributed by atoms with E-state index in [2.05, 4.69) is 32.0 Å². The number of aliphatic carboxylic acids is 1. The molecule has 0 amide bonds. The maximum Gasteiger partial charge on any atom is 0.315 e. The number of allylic oxidation sites excluding steroid dienone is 1. The van der Waals surface area contributed by atoms with Crippen molar-refractivity contribution in [1.29, 1.82) is 0 Å². The second kappa shape index (κ2) is 7.16. The molecule has 5 aliphatic rings. The standard InChI is InChI=1S/C25H35NO5/c1-15(2)20-10-17-11-24(14-27)19-8-7-16(3)18(19)12-23(17,25(20,24)22(28)29)13-26-31-21-6-4-5-9-30-21/h10,13-19,21H,4-9,11-12H2,1-3H3,(H,28,29)/b26-13+/t16-,17?,18-,19-,21?,23?,24?,25-/m1/s1. The number of oxime groups is 1. The smallest absolute Gasteiger partial charge is 0.315 e. The van der Waals surface area contributed by atoms with Gasteiger partial charge in [0.2, 0.25) is 6.29 Å². The summed E-state index contributed by atoms with van der Waals surface area (Å²) < 4.78 is 5.65. The van der Waals surface area contributed by atoms with Crippen molar-refractivity contribution in [3.63, 3.8) is 0 Å². The molecule has 4 fully saturated rings. The first-order chi connectivity index (χ1) is 14.8. The first-order valence-electron chi connectivity index (χ1n) is 12.1. The summed E-state index contributed by atoms with van der Waals surface area (Å²) >= 11 is 0. The topological polar surface area (TPSA) is 85.2 Å². The summed E-state index contributed by atoms with van der Waals surface area (Å²) in [6.07, 6.45) is 10.9. The van der Waals surface area contributed by atoms with Gasteiger partial charge in [0.25, 0.3) is 0 Å². The van der Waals surface area contributed by atoms with E-state index in [1.165, 1.54) is 0 Å². The van der Waals surface area contributed by atoms with Gasteiger partial charge in [0.05, 0.1) is 18.2 Å². The monoisotopic (exact) mass is 429 g/mol. The third-order valence-electron chi connectivity index (χ3n) is 9.60.